The van der Waals surface area contributed by atoms with Gasteiger partial charge in [-0.3, -0.25) is 9.00 Å². The van der Waals surface area contributed by atoms with E-state index in [9.17, 15) is 9.00 Å². The first-order chi connectivity index (χ1) is 10.1. The highest BCUT2D eigenvalue weighted by atomic mass is 32.2. The molecule has 0 radical (unpaired) electrons. The minimum Gasteiger partial charge on any atom is -0.399 e. The van der Waals surface area contributed by atoms with Gasteiger partial charge in [-0.15, -0.1) is 11.3 Å². The summed E-state index contributed by atoms with van der Waals surface area (Å²) in [6, 6.07) is 5.41. The molecule has 0 saturated carbocycles. The van der Waals surface area contributed by atoms with E-state index in [1.807, 2.05) is 12.1 Å². The first kappa shape index (κ1) is 14.5. The number of hydrogen-bond acceptors (Lipinski definition) is 5. The maximum Gasteiger partial charge on any atom is 0.238 e. The third-order valence-corrected chi connectivity index (χ3v) is 6.49. The molecule has 1 aromatic heterocycles. The lowest BCUT2D eigenvalue weighted by Crippen LogP contribution is -2.37. The van der Waals surface area contributed by atoms with Gasteiger partial charge in [0.25, 0.3) is 0 Å². The fourth-order valence-electron chi connectivity index (χ4n) is 2.44. The van der Waals surface area contributed by atoms with Crippen LogP contribution in [0.15, 0.2) is 22.5 Å². The summed E-state index contributed by atoms with van der Waals surface area (Å²) in [4.78, 5) is 18.5. The second-order valence-corrected chi connectivity index (χ2v) is 8.16. The number of nitrogens with two attached hydrogens (primary N) is 1. The Morgan fingerprint density at radius 1 is 1.43 bits per heavy atom. The molecule has 0 bridgehead atoms. The standard InChI is InChI=1S/C14H17N3O2S2/c1-9(13(18)17-6-2-3-7-17)21(19)14-16-11-5-4-10(15)8-12(11)20-14/h4-5,8-9H,2-3,6-7,15H2,1H3. The molecule has 112 valence electrons. The van der Waals surface area contributed by atoms with Crippen LogP contribution in [0.2, 0.25) is 0 Å². The summed E-state index contributed by atoms with van der Waals surface area (Å²) in [5.74, 6) is -0.0374. The monoisotopic (exact) mass is 323 g/mol. The topological polar surface area (TPSA) is 76.3 Å². The first-order valence-corrected chi connectivity index (χ1v) is 8.94. The first-order valence-electron chi connectivity index (χ1n) is 6.91. The van der Waals surface area contributed by atoms with Gasteiger partial charge in [-0.05, 0) is 38.0 Å². The van der Waals surface area contributed by atoms with E-state index >= 15 is 0 Å². The van der Waals surface area contributed by atoms with Crippen molar-refractivity contribution >= 4 is 43.9 Å². The van der Waals surface area contributed by atoms with E-state index in [-0.39, 0.29) is 5.91 Å². The van der Waals surface area contributed by atoms with Gasteiger partial charge in [0.1, 0.15) is 5.25 Å². The Morgan fingerprint density at radius 3 is 2.86 bits per heavy atom. The molecule has 2 unspecified atom stereocenters. The van der Waals surface area contributed by atoms with Crippen LogP contribution in [0.4, 0.5) is 5.69 Å². The molecule has 2 aromatic rings. The molecular weight excluding hydrogens is 306 g/mol. The molecule has 0 aliphatic carbocycles. The van der Waals surface area contributed by atoms with E-state index in [0.717, 1.165) is 36.1 Å². The summed E-state index contributed by atoms with van der Waals surface area (Å²) in [7, 11) is -1.42. The minimum absolute atomic E-state index is 0.0374. The van der Waals surface area contributed by atoms with Crippen LogP contribution in [-0.4, -0.2) is 38.3 Å². The van der Waals surface area contributed by atoms with Crippen molar-refractivity contribution < 1.29 is 9.00 Å². The number of nitrogens with zero attached hydrogens (tertiary/aromatic N) is 2. The summed E-state index contributed by atoms with van der Waals surface area (Å²) >= 11 is 1.35. The van der Waals surface area contributed by atoms with Crippen molar-refractivity contribution in [3.8, 4) is 0 Å². The predicted octanol–water partition coefficient (Wildman–Crippen LogP) is 2.00. The van der Waals surface area contributed by atoms with Crippen LogP contribution in [0.1, 0.15) is 19.8 Å². The molecule has 5 nitrogen and oxygen atoms in total. The van der Waals surface area contributed by atoms with Crippen molar-refractivity contribution in [2.45, 2.75) is 29.4 Å². The highest BCUT2D eigenvalue weighted by Crippen LogP contribution is 2.28. The molecule has 2 N–H and O–H groups in total. The van der Waals surface area contributed by atoms with Gasteiger partial charge < -0.3 is 10.6 Å². The maximum atomic E-state index is 12.6. The number of likely N-dealkylation sites (tertiary alicyclic amines) is 1. The Morgan fingerprint density at radius 2 is 2.14 bits per heavy atom. The quantitative estimate of drug-likeness (QED) is 0.877. The van der Waals surface area contributed by atoms with Gasteiger partial charge >= 0.3 is 0 Å². The summed E-state index contributed by atoms with van der Waals surface area (Å²) in [5.41, 5.74) is 7.18. The number of nitrogen functional groups attached to an aromatic ring is 1. The zero-order valence-corrected chi connectivity index (χ0v) is 13.4. The molecule has 1 fully saturated rings. The van der Waals surface area contributed by atoms with Crippen molar-refractivity contribution in [1.82, 2.24) is 9.88 Å². The molecular formula is C14H17N3O2S2. The molecule has 0 spiro atoms. The van der Waals surface area contributed by atoms with Crippen LogP contribution in [0.25, 0.3) is 10.2 Å². The zero-order valence-electron chi connectivity index (χ0n) is 11.7. The van der Waals surface area contributed by atoms with Crippen LogP contribution >= 0.6 is 11.3 Å². The SMILES string of the molecule is CC(C(=O)N1CCCC1)S(=O)c1nc2ccc(N)cc2s1. The third-order valence-electron chi connectivity index (χ3n) is 3.65. The van der Waals surface area contributed by atoms with Crippen LogP contribution < -0.4 is 5.73 Å². The molecule has 2 heterocycles. The van der Waals surface area contributed by atoms with E-state index < -0.39 is 16.0 Å². The molecule has 1 aliphatic heterocycles. The lowest BCUT2D eigenvalue weighted by Gasteiger charge is -2.18. The average molecular weight is 323 g/mol. The number of fused-ring (bicyclic) bond motifs is 1. The number of hydrogen-bond donors (Lipinski definition) is 1. The Kier molecular flexibility index (Phi) is 3.95. The number of carbonyl (C=O) groups excluding carboxylic acids is 1. The molecule has 1 saturated heterocycles. The van der Waals surface area contributed by atoms with Crippen LogP contribution in [0, 0.1) is 0 Å². The number of aromatic nitrogens is 1. The third kappa shape index (κ3) is 2.80. The van der Waals surface area contributed by atoms with Gasteiger partial charge in [-0.1, -0.05) is 0 Å². The molecule has 1 aromatic carbocycles. The fourth-order valence-corrected chi connectivity index (χ4v) is 5.04. The predicted molar refractivity (Wildman–Crippen MR) is 85.7 cm³/mol. The second-order valence-electron chi connectivity index (χ2n) is 5.18. The molecule has 7 heteroatoms. The van der Waals surface area contributed by atoms with Crippen molar-refractivity contribution in [1.29, 1.82) is 0 Å². The Labute approximate surface area is 129 Å². The van der Waals surface area contributed by atoms with E-state index in [1.54, 1.807) is 17.9 Å². The summed E-state index contributed by atoms with van der Waals surface area (Å²) in [6.07, 6.45) is 2.07. The lowest BCUT2D eigenvalue weighted by molar-refractivity contribution is -0.129. The Bertz CT molecular complexity index is 707. The normalized spacial score (nSPS) is 18.0. The largest absolute Gasteiger partial charge is 0.399 e. The zero-order chi connectivity index (χ0) is 15.0. The number of benzene rings is 1. The lowest BCUT2D eigenvalue weighted by atomic mass is 10.3. The molecule has 21 heavy (non-hydrogen) atoms. The van der Waals surface area contributed by atoms with Crippen molar-refractivity contribution in [2.75, 3.05) is 18.8 Å². The minimum atomic E-state index is -1.42. The molecule has 3 rings (SSSR count). The van der Waals surface area contributed by atoms with Crippen LogP contribution in [0.5, 0.6) is 0 Å². The van der Waals surface area contributed by atoms with Crippen molar-refractivity contribution in [3.63, 3.8) is 0 Å². The number of rotatable bonds is 3. The van der Waals surface area contributed by atoms with Gasteiger partial charge in [0.2, 0.25) is 5.91 Å². The Balaban J connectivity index is 1.83. The van der Waals surface area contributed by atoms with Crippen LogP contribution in [-0.2, 0) is 15.6 Å². The van der Waals surface area contributed by atoms with Gasteiger partial charge in [-0.25, -0.2) is 4.98 Å². The maximum absolute atomic E-state index is 12.6. The molecule has 1 amide bonds. The summed E-state index contributed by atoms with van der Waals surface area (Å²) in [5, 5.41) is -0.555. The van der Waals surface area contributed by atoms with E-state index in [2.05, 4.69) is 4.98 Å². The van der Waals surface area contributed by atoms with Gasteiger partial charge in [0, 0.05) is 18.8 Å². The number of thiazole rings is 1. The van der Waals surface area contributed by atoms with Crippen molar-refractivity contribution in [2.24, 2.45) is 0 Å². The molecule has 1 aliphatic rings. The number of carbonyl (C=O) groups is 1. The summed E-state index contributed by atoms with van der Waals surface area (Å²) in [6.45, 7) is 3.27. The highest BCUT2D eigenvalue weighted by Gasteiger charge is 2.29. The van der Waals surface area contributed by atoms with E-state index in [1.165, 1.54) is 11.3 Å². The van der Waals surface area contributed by atoms with E-state index in [4.69, 9.17) is 5.73 Å². The van der Waals surface area contributed by atoms with Gasteiger partial charge in [0.15, 0.2) is 4.34 Å². The fraction of sp³-hybridized carbons (Fsp3) is 0.429. The Hall–Kier alpha value is -1.47. The highest BCUT2D eigenvalue weighted by molar-refractivity contribution is 7.88. The van der Waals surface area contributed by atoms with Crippen molar-refractivity contribution in [3.05, 3.63) is 18.2 Å². The second kappa shape index (κ2) is 5.73. The number of amides is 1. The van der Waals surface area contributed by atoms with Gasteiger partial charge in [0.05, 0.1) is 21.0 Å². The summed E-state index contributed by atoms with van der Waals surface area (Å²) < 4.78 is 14.0. The van der Waals surface area contributed by atoms with Crippen LogP contribution in [0.3, 0.4) is 0 Å². The average Bonchev–Trinajstić information content (AvgIpc) is 3.13. The smallest absolute Gasteiger partial charge is 0.238 e. The number of anilines is 1. The van der Waals surface area contributed by atoms with Gasteiger partial charge in [-0.2, -0.15) is 0 Å². The van der Waals surface area contributed by atoms with E-state index in [0.29, 0.717) is 10.0 Å². The molecule has 2 atom stereocenters.